The van der Waals surface area contributed by atoms with Crippen molar-refractivity contribution in [3.63, 3.8) is 0 Å². The quantitative estimate of drug-likeness (QED) is 0.742. The number of hydrogen-bond donors (Lipinski definition) is 1. The van der Waals surface area contributed by atoms with Crippen LogP contribution in [0.2, 0.25) is 0 Å². The lowest BCUT2D eigenvalue weighted by atomic mass is 9.90. The number of benzene rings is 1. The number of rotatable bonds is 4. The second-order valence-corrected chi connectivity index (χ2v) is 4.49. The lowest BCUT2D eigenvalue weighted by Crippen LogP contribution is -2.14. The van der Waals surface area contributed by atoms with Gasteiger partial charge in [-0.05, 0) is 55.3 Å². The van der Waals surface area contributed by atoms with E-state index in [1.165, 1.54) is 37.7 Å². The number of nitrogens with one attached hydrogen (secondary N) is 1. The van der Waals surface area contributed by atoms with E-state index in [1.807, 2.05) is 0 Å². The topological polar surface area (TPSA) is 12.0 Å². The molecule has 0 unspecified atom stereocenters. The van der Waals surface area contributed by atoms with E-state index in [1.54, 1.807) is 11.1 Å². The molecule has 0 saturated carbocycles. The summed E-state index contributed by atoms with van der Waals surface area (Å²) in [6.45, 7) is 4.36. The minimum atomic E-state index is 1.03. The first kappa shape index (κ1) is 10.7. The van der Waals surface area contributed by atoms with Gasteiger partial charge in [0.15, 0.2) is 0 Å². The van der Waals surface area contributed by atoms with Crippen molar-refractivity contribution in [3.05, 3.63) is 34.9 Å². The maximum absolute atomic E-state index is 3.46. The van der Waals surface area contributed by atoms with E-state index >= 15 is 0 Å². The third kappa shape index (κ3) is 2.82. The molecule has 1 heteroatoms. The number of fused-ring (bicyclic) bond motifs is 1. The van der Waals surface area contributed by atoms with Crippen molar-refractivity contribution in [2.45, 2.75) is 45.6 Å². The van der Waals surface area contributed by atoms with E-state index in [4.69, 9.17) is 0 Å². The molecule has 0 fully saturated rings. The molecule has 0 amide bonds. The monoisotopic (exact) mass is 203 g/mol. The highest BCUT2D eigenvalue weighted by atomic mass is 14.8. The van der Waals surface area contributed by atoms with Crippen molar-refractivity contribution in [2.24, 2.45) is 0 Å². The van der Waals surface area contributed by atoms with Gasteiger partial charge in [-0.2, -0.15) is 0 Å². The summed E-state index contributed by atoms with van der Waals surface area (Å²) < 4.78 is 0. The molecule has 82 valence electrons. The zero-order chi connectivity index (χ0) is 10.5. The molecule has 0 saturated heterocycles. The van der Waals surface area contributed by atoms with Gasteiger partial charge in [0, 0.05) is 6.54 Å². The maximum atomic E-state index is 3.46. The molecule has 0 aromatic heterocycles. The Morgan fingerprint density at radius 2 is 1.93 bits per heavy atom. The van der Waals surface area contributed by atoms with Crippen LogP contribution < -0.4 is 5.32 Å². The Balaban J connectivity index is 2.00. The van der Waals surface area contributed by atoms with E-state index in [9.17, 15) is 0 Å². The van der Waals surface area contributed by atoms with Crippen molar-refractivity contribution in [3.8, 4) is 0 Å². The van der Waals surface area contributed by atoms with Crippen molar-refractivity contribution < 1.29 is 0 Å². The van der Waals surface area contributed by atoms with Crippen LogP contribution in [-0.2, 0) is 19.4 Å². The van der Waals surface area contributed by atoms with Crippen LogP contribution in [0.1, 0.15) is 42.9 Å². The first-order valence-corrected chi connectivity index (χ1v) is 6.21. The summed E-state index contributed by atoms with van der Waals surface area (Å²) in [6.07, 6.45) is 6.54. The van der Waals surface area contributed by atoms with Gasteiger partial charge in [0.1, 0.15) is 0 Å². The fourth-order valence-electron chi connectivity index (χ4n) is 2.31. The smallest absolute Gasteiger partial charge is 0.0205 e. The standard InChI is InChI=1S/C14H21N/c1-2-9-15-11-12-7-8-13-5-3-4-6-14(13)10-12/h7-8,10,15H,2-6,9,11H2,1H3. The molecule has 1 aliphatic rings. The molecule has 15 heavy (non-hydrogen) atoms. The Morgan fingerprint density at radius 3 is 2.73 bits per heavy atom. The van der Waals surface area contributed by atoms with Gasteiger partial charge >= 0.3 is 0 Å². The molecule has 1 aromatic rings. The van der Waals surface area contributed by atoms with Gasteiger partial charge in [-0.1, -0.05) is 25.1 Å². The van der Waals surface area contributed by atoms with Gasteiger partial charge in [0.25, 0.3) is 0 Å². The van der Waals surface area contributed by atoms with E-state index in [0.717, 1.165) is 13.1 Å². The van der Waals surface area contributed by atoms with Crippen LogP contribution in [0.3, 0.4) is 0 Å². The van der Waals surface area contributed by atoms with Crippen molar-refractivity contribution in [1.82, 2.24) is 5.32 Å². The predicted octanol–water partition coefficient (Wildman–Crippen LogP) is 3.07. The number of aryl methyl sites for hydroxylation is 2. The molecule has 1 nitrogen and oxygen atoms in total. The largest absolute Gasteiger partial charge is 0.313 e. The second-order valence-electron chi connectivity index (χ2n) is 4.49. The Morgan fingerprint density at radius 1 is 1.13 bits per heavy atom. The molecule has 0 spiro atoms. The fraction of sp³-hybridized carbons (Fsp3) is 0.571. The molecule has 0 aliphatic heterocycles. The molecule has 0 atom stereocenters. The average molecular weight is 203 g/mol. The first-order chi connectivity index (χ1) is 7.40. The number of hydrogen-bond acceptors (Lipinski definition) is 1. The molecule has 0 radical (unpaired) electrons. The van der Waals surface area contributed by atoms with Crippen LogP contribution in [0.15, 0.2) is 18.2 Å². The van der Waals surface area contributed by atoms with E-state index in [0.29, 0.717) is 0 Å². The maximum Gasteiger partial charge on any atom is 0.0205 e. The SMILES string of the molecule is CCCNCc1ccc2c(c1)CCCC2. The summed E-state index contributed by atoms with van der Waals surface area (Å²) >= 11 is 0. The molecule has 1 aromatic carbocycles. The second kappa shape index (κ2) is 5.32. The molecule has 0 bridgehead atoms. The molecular formula is C14H21N. The summed E-state index contributed by atoms with van der Waals surface area (Å²) in [5.74, 6) is 0. The molecular weight excluding hydrogens is 182 g/mol. The first-order valence-electron chi connectivity index (χ1n) is 6.21. The van der Waals surface area contributed by atoms with E-state index < -0.39 is 0 Å². The summed E-state index contributed by atoms with van der Waals surface area (Å²) in [6, 6.07) is 7.02. The van der Waals surface area contributed by atoms with Crippen LogP contribution in [0.5, 0.6) is 0 Å². The van der Waals surface area contributed by atoms with Crippen LogP contribution in [0.25, 0.3) is 0 Å². The van der Waals surface area contributed by atoms with Gasteiger partial charge in [-0.15, -0.1) is 0 Å². The average Bonchev–Trinajstić information content (AvgIpc) is 2.29. The third-order valence-corrected chi connectivity index (χ3v) is 3.17. The summed E-state index contributed by atoms with van der Waals surface area (Å²) in [5.41, 5.74) is 4.63. The van der Waals surface area contributed by atoms with Gasteiger partial charge < -0.3 is 5.32 Å². The Kier molecular flexibility index (Phi) is 3.79. The molecule has 0 heterocycles. The van der Waals surface area contributed by atoms with E-state index in [-0.39, 0.29) is 0 Å². The zero-order valence-corrected chi connectivity index (χ0v) is 9.68. The van der Waals surface area contributed by atoms with Crippen molar-refractivity contribution in [2.75, 3.05) is 6.54 Å². The lowest BCUT2D eigenvalue weighted by Gasteiger charge is -2.16. The molecule has 1 N–H and O–H groups in total. The highest BCUT2D eigenvalue weighted by molar-refractivity contribution is 5.33. The Bertz CT molecular complexity index is 317. The normalized spacial score (nSPS) is 15.0. The van der Waals surface area contributed by atoms with Crippen LogP contribution in [0, 0.1) is 0 Å². The van der Waals surface area contributed by atoms with Crippen LogP contribution in [0.4, 0.5) is 0 Å². The zero-order valence-electron chi connectivity index (χ0n) is 9.68. The molecule has 1 aliphatic carbocycles. The minimum absolute atomic E-state index is 1.03. The third-order valence-electron chi connectivity index (χ3n) is 3.17. The summed E-state index contributed by atoms with van der Waals surface area (Å²) in [4.78, 5) is 0. The van der Waals surface area contributed by atoms with Gasteiger partial charge in [0.2, 0.25) is 0 Å². The summed E-state index contributed by atoms with van der Waals surface area (Å²) in [5, 5.41) is 3.46. The van der Waals surface area contributed by atoms with Crippen molar-refractivity contribution in [1.29, 1.82) is 0 Å². The Hall–Kier alpha value is -0.820. The highest BCUT2D eigenvalue weighted by Crippen LogP contribution is 2.22. The van der Waals surface area contributed by atoms with E-state index in [2.05, 4.69) is 30.4 Å². The summed E-state index contributed by atoms with van der Waals surface area (Å²) in [7, 11) is 0. The lowest BCUT2D eigenvalue weighted by molar-refractivity contribution is 0.664. The minimum Gasteiger partial charge on any atom is -0.313 e. The highest BCUT2D eigenvalue weighted by Gasteiger charge is 2.08. The fourth-order valence-corrected chi connectivity index (χ4v) is 2.31. The Labute approximate surface area is 92.9 Å². The predicted molar refractivity (Wildman–Crippen MR) is 65.1 cm³/mol. The molecule has 2 rings (SSSR count). The van der Waals surface area contributed by atoms with Gasteiger partial charge in [-0.25, -0.2) is 0 Å². The van der Waals surface area contributed by atoms with Gasteiger partial charge in [-0.3, -0.25) is 0 Å². The van der Waals surface area contributed by atoms with Crippen LogP contribution >= 0.6 is 0 Å². The van der Waals surface area contributed by atoms with Crippen LogP contribution in [-0.4, -0.2) is 6.54 Å². The van der Waals surface area contributed by atoms with Crippen molar-refractivity contribution >= 4 is 0 Å². The van der Waals surface area contributed by atoms with Gasteiger partial charge in [0.05, 0.1) is 0 Å².